The highest BCUT2D eigenvalue weighted by Crippen LogP contribution is 2.21. The van der Waals surface area contributed by atoms with Gasteiger partial charge in [0.2, 0.25) is 17.8 Å². The first kappa shape index (κ1) is 32.9. The number of carbonyl (C=O) groups is 2. The fourth-order valence-corrected chi connectivity index (χ4v) is 4.55. The molecule has 0 bridgehead atoms. The Morgan fingerprint density at radius 1 is 0.787 bits per heavy atom. The minimum Gasteiger partial charge on any atom is -0.508 e. The van der Waals surface area contributed by atoms with Crippen LogP contribution in [0.25, 0.3) is 10.9 Å². The van der Waals surface area contributed by atoms with E-state index in [0.717, 1.165) is 16.5 Å². The normalized spacial score (nSPS) is 10.9. The van der Waals surface area contributed by atoms with Crippen LogP contribution >= 0.6 is 0 Å². The zero-order chi connectivity index (χ0) is 32.8. The van der Waals surface area contributed by atoms with Crippen LogP contribution in [0.2, 0.25) is 0 Å². The number of nitrogens with zero attached hydrogens (tertiary/aromatic N) is 3. The number of fused-ring (bicyclic) bond motifs is 1. The second kappa shape index (κ2) is 16.7. The number of hydrogen-bond donors (Lipinski definition) is 6. The van der Waals surface area contributed by atoms with Crippen molar-refractivity contribution < 1.29 is 24.2 Å². The number of hydrogen-bond acceptors (Lipinski definition) is 11. The number of anilines is 5. The first-order valence-electron chi connectivity index (χ1n) is 15.3. The van der Waals surface area contributed by atoms with Crippen LogP contribution in [0.1, 0.15) is 35.7 Å². The Kier molecular flexibility index (Phi) is 11.7. The molecule has 13 nitrogen and oxygen atoms in total. The molecule has 5 rings (SSSR count). The van der Waals surface area contributed by atoms with Crippen molar-refractivity contribution in [2.24, 2.45) is 0 Å². The average Bonchev–Trinajstić information content (AvgIpc) is 3.54. The van der Waals surface area contributed by atoms with Crippen LogP contribution < -0.4 is 21.3 Å². The highest BCUT2D eigenvalue weighted by atomic mass is 16.5. The molecular formula is C34H38N8O5. The van der Waals surface area contributed by atoms with Gasteiger partial charge in [0.15, 0.2) is 0 Å². The van der Waals surface area contributed by atoms with Crippen LogP contribution in [0.5, 0.6) is 5.75 Å². The summed E-state index contributed by atoms with van der Waals surface area (Å²) in [5, 5.41) is 23.1. The van der Waals surface area contributed by atoms with Crippen LogP contribution in [-0.2, 0) is 20.8 Å². The predicted octanol–water partition coefficient (Wildman–Crippen LogP) is 5.29. The maximum atomic E-state index is 12.8. The summed E-state index contributed by atoms with van der Waals surface area (Å²) < 4.78 is 11.1. The van der Waals surface area contributed by atoms with E-state index in [1.807, 2.05) is 30.5 Å². The Hall–Kier alpha value is -5.53. The number of ketones is 1. The second-order valence-corrected chi connectivity index (χ2v) is 10.7. The standard InChI is InChI=1S/C34H38N8O5/c1-23(43)3-2-17-46-19-20-47-18-16-36-32-40-33(42-34(41-32)39-28-9-11-29(44)12-10-28)38-27-7-5-25(6-8-27)31(45)37-22-24-4-13-30-26(21-24)14-15-35-30/h4-15,21,35,44H,2-3,16-20,22H2,1H3,(H,37,45)(H3,36,38,39,40,41,42). The van der Waals surface area contributed by atoms with Crippen LogP contribution in [0.15, 0.2) is 79.0 Å². The molecule has 5 aromatic rings. The predicted molar refractivity (Wildman–Crippen MR) is 180 cm³/mol. The van der Waals surface area contributed by atoms with Gasteiger partial charge in [-0.15, -0.1) is 0 Å². The minimum atomic E-state index is -0.181. The van der Waals surface area contributed by atoms with Crippen molar-refractivity contribution >= 4 is 51.8 Å². The van der Waals surface area contributed by atoms with E-state index in [1.165, 1.54) is 0 Å². The summed E-state index contributed by atoms with van der Waals surface area (Å²) in [6.45, 7) is 4.23. The summed E-state index contributed by atoms with van der Waals surface area (Å²) in [6.07, 6.45) is 3.12. The molecule has 6 N–H and O–H groups in total. The molecule has 47 heavy (non-hydrogen) atoms. The maximum Gasteiger partial charge on any atom is 0.251 e. The monoisotopic (exact) mass is 638 g/mol. The zero-order valence-corrected chi connectivity index (χ0v) is 26.1. The molecular weight excluding hydrogens is 600 g/mol. The number of carbonyl (C=O) groups excluding carboxylic acids is 2. The molecule has 0 spiro atoms. The number of Topliss-reactive ketones (excluding diaryl/α,β-unsaturated/α-hetero) is 1. The highest BCUT2D eigenvalue weighted by Gasteiger charge is 2.10. The lowest BCUT2D eigenvalue weighted by Gasteiger charge is -2.12. The summed E-state index contributed by atoms with van der Waals surface area (Å²) in [7, 11) is 0. The van der Waals surface area contributed by atoms with Gasteiger partial charge in [0.1, 0.15) is 11.5 Å². The number of aromatic amines is 1. The van der Waals surface area contributed by atoms with E-state index in [-0.39, 0.29) is 29.3 Å². The van der Waals surface area contributed by atoms with E-state index in [2.05, 4.69) is 41.2 Å². The Morgan fingerprint density at radius 2 is 1.45 bits per heavy atom. The average molecular weight is 639 g/mol. The SMILES string of the molecule is CC(=O)CCCOCCOCCNc1nc(Nc2ccc(O)cc2)nc(Nc2ccc(C(=O)NCc3ccc4[nH]ccc4c3)cc2)n1. The molecule has 0 atom stereocenters. The fourth-order valence-electron chi connectivity index (χ4n) is 4.55. The van der Waals surface area contributed by atoms with E-state index in [1.54, 1.807) is 55.5 Å². The van der Waals surface area contributed by atoms with Crippen molar-refractivity contribution in [2.45, 2.75) is 26.3 Å². The van der Waals surface area contributed by atoms with Crippen LogP contribution in [0.4, 0.5) is 29.2 Å². The number of rotatable bonds is 18. The smallest absolute Gasteiger partial charge is 0.251 e. The van der Waals surface area contributed by atoms with Crippen LogP contribution in [0.3, 0.4) is 0 Å². The summed E-state index contributed by atoms with van der Waals surface area (Å²) in [6, 6.07) is 21.6. The number of amides is 1. The van der Waals surface area contributed by atoms with Gasteiger partial charge < -0.3 is 45.6 Å². The molecule has 244 valence electrons. The molecule has 0 aliphatic heterocycles. The number of ether oxygens (including phenoxy) is 2. The second-order valence-electron chi connectivity index (χ2n) is 10.7. The number of nitrogens with one attached hydrogen (secondary N) is 5. The number of benzene rings is 3. The summed E-state index contributed by atoms with van der Waals surface area (Å²) in [4.78, 5) is 40.4. The number of aromatic hydroxyl groups is 1. The van der Waals surface area contributed by atoms with E-state index < -0.39 is 0 Å². The van der Waals surface area contributed by atoms with E-state index in [0.29, 0.717) is 75.2 Å². The lowest BCUT2D eigenvalue weighted by molar-refractivity contribution is -0.117. The number of aromatic nitrogens is 4. The number of phenols is 1. The van der Waals surface area contributed by atoms with Crippen molar-refractivity contribution in [1.29, 1.82) is 0 Å². The zero-order valence-electron chi connectivity index (χ0n) is 26.1. The molecule has 0 unspecified atom stereocenters. The molecule has 0 aliphatic rings. The molecule has 3 aromatic carbocycles. The van der Waals surface area contributed by atoms with Gasteiger partial charge in [-0.3, -0.25) is 4.79 Å². The fraction of sp³-hybridized carbons (Fsp3) is 0.265. The largest absolute Gasteiger partial charge is 0.508 e. The van der Waals surface area contributed by atoms with Gasteiger partial charge in [-0.25, -0.2) is 0 Å². The first-order chi connectivity index (χ1) is 22.9. The van der Waals surface area contributed by atoms with E-state index in [9.17, 15) is 14.7 Å². The van der Waals surface area contributed by atoms with Crippen LogP contribution in [0, 0.1) is 0 Å². The third-order valence-corrected chi connectivity index (χ3v) is 6.95. The lowest BCUT2D eigenvalue weighted by atomic mass is 10.1. The molecule has 2 heterocycles. The summed E-state index contributed by atoms with van der Waals surface area (Å²) in [5.74, 6) is 1.00. The molecule has 0 radical (unpaired) electrons. The topological polar surface area (TPSA) is 175 Å². The molecule has 0 saturated heterocycles. The summed E-state index contributed by atoms with van der Waals surface area (Å²) >= 11 is 0. The number of phenolic OH excluding ortho intramolecular Hbond substituents is 1. The van der Waals surface area contributed by atoms with Gasteiger partial charge in [0, 0.05) is 54.8 Å². The minimum absolute atomic E-state index is 0.146. The van der Waals surface area contributed by atoms with Crippen molar-refractivity contribution in [3.8, 4) is 5.75 Å². The lowest BCUT2D eigenvalue weighted by Crippen LogP contribution is -2.22. The van der Waals surface area contributed by atoms with Crippen molar-refractivity contribution in [3.05, 3.63) is 90.1 Å². The van der Waals surface area contributed by atoms with Gasteiger partial charge in [0.05, 0.1) is 19.8 Å². The van der Waals surface area contributed by atoms with Crippen LogP contribution in [-0.4, -0.2) is 69.7 Å². The van der Waals surface area contributed by atoms with Gasteiger partial charge in [-0.05, 0) is 91.0 Å². The highest BCUT2D eigenvalue weighted by molar-refractivity contribution is 5.94. The molecule has 0 aliphatic carbocycles. The van der Waals surface area contributed by atoms with E-state index >= 15 is 0 Å². The third kappa shape index (κ3) is 10.5. The molecule has 0 fully saturated rings. The Balaban J connectivity index is 1.15. The van der Waals surface area contributed by atoms with Gasteiger partial charge >= 0.3 is 0 Å². The Morgan fingerprint density at radius 3 is 2.15 bits per heavy atom. The quantitative estimate of drug-likeness (QED) is 0.0543. The van der Waals surface area contributed by atoms with Gasteiger partial charge in [-0.1, -0.05) is 6.07 Å². The van der Waals surface area contributed by atoms with Gasteiger partial charge in [-0.2, -0.15) is 15.0 Å². The molecule has 0 saturated carbocycles. The Labute approximate surface area is 272 Å². The van der Waals surface area contributed by atoms with Crippen molar-refractivity contribution in [2.75, 3.05) is 48.9 Å². The summed E-state index contributed by atoms with van der Waals surface area (Å²) in [5.41, 5.74) is 3.95. The van der Waals surface area contributed by atoms with Crippen molar-refractivity contribution in [3.63, 3.8) is 0 Å². The maximum absolute atomic E-state index is 12.8. The Bertz CT molecular complexity index is 1760. The number of H-pyrrole nitrogens is 1. The molecule has 1 amide bonds. The van der Waals surface area contributed by atoms with E-state index in [4.69, 9.17) is 9.47 Å². The first-order valence-corrected chi connectivity index (χ1v) is 15.3. The third-order valence-electron chi connectivity index (χ3n) is 6.95. The molecule has 2 aromatic heterocycles. The molecule has 13 heteroatoms. The van der Waals surface area contributed by atoms with Crippen molar-refractivity contribution in [1.82, 2.24) is 25.3 Å². The van der Waals surface area contributed by atoms with Gasteiger partial charge in [0.25, 0.3) is 5.91 Å².